The fourth-order valence-electron chi connectivity index (χ4n) is 2.23. The number of benzene rings is 1. The molecule has 1 atom stereocenters. The van der Waals surface area contributed by atoms with Crippen molar-refractivity contribution in [2.24, 2.45) is 0 Å². The van der Waals surface area contributed by atoms with Gasteiger partial charge in [-0.1, -0.05) is 28.1 Å². The fraction of sp³-hybridized carbons (Fsp3) is 0.267. The summed E-state index contributed by atoms with van der Waals surface area (Å²) < 4.78 is 47.5. The highest BCUT2D eigenvalue weighted by atomic mass is 79.9. The van der Waals surface area contributed by atoms with Crippen LogP contribution in [0.15, 0.2) is 46.2 Å². The summed E-state index contributed by atoms with van der Waals surface area (Å²) in [6.07, 6.45) is 1.64. The lowest BCUT2D eigenvalue weighted by Crippen LogP contribution is -2.34. The molecule has 0 amide bonds. The SMILES string of the molecule is CCOC1=C(C=O)C=C(Br)C(c2ccc(F)cc2)C1(F)F. The normalized spacial score (nSPS) is 21.0. The first-order chi connectivity index (χ1) is 9.91. The van der Waals surface area contributed by atoms with Crippen LogP contribution in [0.4, 0.5) is 13.2 Å². The lowest BCUT2D eigenvalue weighted by Gasteiger charge is -2.32. The zero-order valence-electron chi connectivity index (χ0n) is 11.1. The van der Waals surface area contributed by atoms with Crippen molar-refractivity contribution in [2.45, 2.75) is 18.8 Å². The van der Waals surface area contributed by atoms with E-state index in [9.17, 15) is 18.0 Å². The number of carbonyl (C=O) groups excluding carboxylic acids is 1. The highest BCUT2D eigenvalue weighted by Gasteiger charge is 2.50. The Kier molecular flexibility index (Phi) is 4.56. The first-order valence-corrected chi connectivity index (χ1v) is 7.04. The maximum atomic E-state index is 14.7. The van der Waals surface area contributed by atoms with Crippen LogP contribution in [-0.2, 0) is 9.53 Å². The van der Waals surface area contributed by atoms with Crippen molar-refractivity contribution < 1.29 is 22.7 Å². The van der Waals surface area contributed by atoms with Crippen molar-refractivity contribution >= 4 is 22.2 Å². The number of allylic oxidation sites excluding steroid dienone is 4. The van der Waals surface area contributed by atoms with Crippen LogP contribution in [-0.4, -0.2) is 18.8 Å². The molecule has 6 heteroatoms. The standard InChI is InChI=1S/C15H12BrF3O2/c1-2-21-14-10(8-20)7-12(16)13(15(14,18)19)9-3-5-11(17)6-4-9/h3-8,13H,2H2,1H3. The summed E-state index contributed by atoms with van der Waals surface area (Å²) >= 11 is 3.08. The van der Waals surface area contributed by atoms with Gasteiger partial charge in [0.1, 0.15) is 5.82 Å². The lowest BCUT2D eigenvalue weighted by atomic mass is 9.85. The Morgan fingerprint density at radius 1 is 1.33 bits per heavy atom. The van der Waals surface area contributed by atoms with Gasteiger partial charge in [0, 0.05) is 4.48 Å². The Labute approximate surface area is 128 Å². The van der Waals surface area contributed by atoms with E-state index in [0.29, 0.717) is 6.29 Å². The molecule has 0 aliphatic heterocycles. The predicted molar refractivity (Wildman–Crippen MR) is 75.8 cm³/mol. The van der Waals surface area contributed by atoms with Crippen LogP contribution in [0.5, 0.6) is 0 Å². The van der Waals surface area contributed by atoms with Gasteiger partial charge >= 0.3 is 5.92 Å². The second kappa shape index (κ2) is 6.05. The average molecular weight is 361 g/mol. The van der Waals surface area contributed by atoms with Gasteiger partial charge in [-0.25, -0.2) is 4.39 Å². The van der Waals surface area contributed by atoms with E-state index < -0.39 is 23.4 Å². The summed E-state index contributed by atoms with van der Waals surface area (Å²) in [5.74, 6) is -5.93. The molecule has 0 heterocycles. The molecule has 0 N–H and O–H groups in total. The van der Waals surface area contributed by atoms with Gasteiger partial charge in [0.25, 0.3) is 0 Å². The molecule has 0 saturated carbocycles. The topological polar surface area (TPSA) is 26.3 Å². The first kappa shape index (κ1) is 15.8. The van der Waals surface area contributed by atoms with Crippen molar-refractivity contribution in [3.63, 3.8) is 0 Å². The molecule has 112 valence electrons. The largest absolute Gasteiger partial charge is 0.491 e. The van der Waals surface area contributed by atoms with E-state index in [2.05, 4.69) is 15.9 Å². The van der Waals surface area contributed by atoms with E-state index in [-0.39, 0.29) is 22.2 Å². The molecule has 21 heavy (non-hydrogen) atoms. The van der Waals surface area contributed by atoms with E-state index in [1.807, 2.05) is 0 Å². The zero-order chi connectivity index (χ0) is 15.6. The molecule has 1 aromatic rings. The third-order valence-corrected chi connectivity index (χ3v) is 3.80. The van der Waals surface area contributed by atoms with Gasteiger partial charge in [-0.2, -0.15) is 8.78 Å². The molecule has 0 spiro atoms. The molecular weight excluding hydrogens is 349 g/mol. The predicted octanol–water partition coefficient (Wildman–Crippen LogP) is 4.33. The number of hydrogen-bond donors (Lipinski definition) is 0. The third kappa shape index (κ3) is 2.90. The Balaban J connectivity index is 2.54. The Bertz CT molecular complexity index is 606. The number of hydrogen-bond acceptors (Lipinski definition) is 2. The van der Waals surface area contributed by atoms with Crippen LogP contribution in [0, 0.1) is 5.82 Å². The molecular formula is C15H12BrF3O2. The molecule has 2 nitrogen and oxygen atoms in total. The molecule has 1 aliphatic carbocycles. The lowest BCUT2D eigenvalue weighted by molar-refractivity contribution is -0.105. The van der Waals surface area contributed by atoms with Crippen molar-refractivity contribution in [3.05, 3.63) is 57.5 Å². The summed E-state index contributed by atoms with van der Waals surface area (Å²) in [6, 6.07) is 4.81. The number of aldehydes is 1. The van der Waals surface area contributed by atoms with Crippen LogP contribution < -0.4 is 0 Å². The molecule has 1 aliphatic rings. The van der Waals surface area contributed by atoms with Crippen molar-refractivity contribution in [2.75, 3.05) is 6.61 Å². The molecule has 0 saturated heterocycles. The molecule has 0 fully saturated rings. The second-order valence-electron chi connectivity index (χ2n) is 4.47. The summed E-state index contributed by atoms with van der Waals surface area (Å²) in [5.41, 5.74) is 0.0266. The number of ether oxygens (including phenoxy) is 1. The van der Waals surface area contributed by atoms with E-state index in [1.165, 1.54) is 18.2 Å². The van der Waals surface area contributed by atoms with E-state index in [1.54, 1.807) is 6.92 Å². The van der Waals surface area contributed by atoms with E-state index in [4.69, 9.17) is 4.74 Å². The van der Waals surface area contributed by atoms with Crippen molar-refractivity contribution in [1.82, 2.24) is 0 Å². The highest BCUT2D eigenvalue weighted by molar-refractivity contribution is 9.11. The van der Waals surface area contributed by atoms with Crippen molar-refractivity contribution in [1.29, 1.82) is 0 Å². The van der Waals surface area contributed by atoms with Crippen LogP contribution in [0.3, 0.4) is 0 Å². The highest BCUT2D eigenvalue weighted by Crippen LogP contribution is 2.50. The molecule has 2 rings (SSSR count). The van der Waals surface area contributed by atoms with E-state index in [0.717, 1.165) is 12.1 Å². The number of alkyl halides is 2. The smallest absolute Gasteiger partial charge is 0.315 e. The Morgan fingerprint density at radius 3 is 2.48 bits per heavy atom. The summed E-state index contributed by atoms with van der Waals surface area (Å²) in [7, 11) is 0. The number of halogens is 4. The monoisotopic (exact) mass is 360 g/mol. The van der Waals surface area contributed by atoms with Crippen LogP contribution >= 0.6 is 15.9 Å². The van der Waals surface area contributed by atoms with Gasteiger partial charge in [0.15, 0.2) is 12.0 Å². The number of carbonyl (C=O) groups is 1. The van der Waals surface area contributed by atoms with Gasteiger partial charge in [-0.3, -0.25) is 4.79 Å². The minimum atomic E-state index is -3.41. The summed E-state index contributed by atoms with van der Waals surface area (Å²) in [5, 5.41) is 0. The van der Waals surface area contributed by atoms with E-state index >= 15 is 0 Å². The first-order valence-electron chi connectivity index (χ1n) is 6.24. The molecule has 0 aromatic heterocycles. The third-order valence-electron chi connectivity index (χ3n) is 3.12. The summed E-state index contributed by atoms with van der Waals surface area (Å²) in [6.45, 7) is 1.58. The average Bonchev–Trinajstić information content (AvgIpc) is 2.43. The summed E-state index contributed by atoms with van der Waals surface area (Å²) in [4.78, 5) is 11.0. The van der Waals surface area contributed by atoms with Gasteiger partial charge < -0.3 is 4.74 Å². The van der Waals surface area contributed by atoms with Crippen LogP contribution in [0.2, 0.25) is 0 Å². The maximum Gasteiger partial charge on any atom is 0.315 e. The minimum absolute atomic E-state index is 0.0177. The molecule has 0 radical (unpaired) electrons. The van der Waals surface area contributed by atoms with Crippen molar-refractivity contribution in [3.8, 4) is 0 Å². The molecule has 0 bridgehead atoms. The van der Waals surface area contributed by atoms with Gasteiger partial charge in [0.05, 0.1) is 18.1 Å². The van der Waals surface area contributed by atoms with Crippen LogP contribution in [0.1, 0.15) is 18.4 Å². The Hall–Kier alpha value is -1.56. The van der Waals surface area contributed by atoms with Gasteiger partial charge in [-0.15, -0.1) is 0 Å². The quantitative estimate of drug-likeness (QED) is 0.747. The number of rotatable bonds is 4. The second-order valence-corrected chi connectivity index (χ2v) is 5.39. The minimum Gasteiger partial charge on any atom is -0.491 e. The van der Waals surface area contributed by atoms with Crippen LogP contribution in [0.25, 0.3) is 0 Å². The van der Waals surface area contributed by atoms with Gasteiger partial charge in [-0.05, 0) is 30.7 Å². The fourth-order valence-corrected chi connectivity index (χ4v) is 3.03. The zero-order valence-corrected chi connectivity index (χ0v) is 12.7. The Morgan fingerprint density at radius 2 is 1.95 bits per heavy atom. The van der Waals surface area contributed by atoms with Gasteiger partial charge in [0.2, 0.25) is 0 Å². The molecule has 1 aromatic carbocycles. The maximum absolute atomic E-state index is 14.7. The molecule has 1 unspecified atom stereocenters.